The maximum atomic E-state index is 12.7. The van der Waals surface area contributed by atoms with Crippen molar-refractivity contribution in [1.29, 1.82) is 0 Å². The third-order valence-corrected chi connectivity index (χ3v) is 5.35. The molecule has 0 amide bonds. The fraction of sp³-hybridized carbons (Fsp3) is 0.381. The average molecular weight is 380 g/mol. The van der Waals surface area contributed by atoms with E-state index in [9.17, 15) is 4.79 Å². The summed E-state index contributed by atoms with van der Waals surface area (Å²) in [5, 5.41) is 0.401. The zero-order valence-corrected chi connectivity index (χ0v) is 16.4. The van der Waals surface area contributed by atoms with Gasteiger partial charge in [0.05, 0.1) is 19.7 Å². The van der Waals surface area contributed by atoms with Gasteiger partial charge in [-0.15, -0.1) is 0 Å². The summed E-state index contributed by atoms with van der Waals surface area (Å²) in [6.07, 6.45) is 2.17. The number of nitrogens with one attached hydrogen (secondary N) is 1. The second-order valence-electron chi connectivity index (χ2n) is 7.16. The Morgan fingerprint density at radius 1 is 1.11 bits per heavy atom. The summed E-state index contributed by atoms with van der Waals surface area (Å²) in [6.45, 7) is 2.14. The molecule has 1 aromatic carbocycles. The summed E-state index contributed by atoms with van der Waals surface area (Å²) in [7, 11) is 5.24. The van der Waals surface area contributed by atoms with Crippen LogP contribution in [-0.2, 0) is 0 Å². The minimum absolute atomic E-state index is 0.258. The molecule has 146 valence electrons. The van der Waals surface area contributed by atoms with Crippen molar-refractivity contribution in [3.05, 3.63) is 46.4 Å². The second kappa shape index (κ2) is 7.59. The lowest BCUT2D eigenvalue weighted by atomic mass is 9.93. The molecule has 3 heterocycles. The van der Waals surface area contributed by atoms with Gasteiger partial charge in [0.1, 0.15) is 22.6 Å². The van der Waals surface area contributed by atoms with Crippen LogP contribution in [0, 0.1) is 0 Å². The predicted octanol–water partition coefficient (Wildman–Crippen LogP) is 2.81. The highest BCUT2D eigenvalue weighted by Gasteiger charge is 2.20. The summed E-state index contributed by atoms with van der Waals surface area (Å²) < 4.78 is 10.6. The number of hydrogen-bond donors (Lipinski definition) is 1. The standard InChI is InChI=1S/C21H24N4O3/c1-25-9-7-13(8-10-25)15-5-4-6-16(22-15)20-23-17-11-14(27-2)12-18(28-3)19(17)21(26)24-20/h4-6,11-13H,7-10H2,1-3H3,(H,23,24,26). The third kappa shape index (κ3) is 3.45. The van der Waals surface area contributed by atoms with Gasteiger partial charge >= 0.3 is 0 Å². The van der Waals surface area contributed by atoms with E-state index in [4.69, 9.17) is 14.5 Å². The number of methoxy groups -OCH3 is 2. The van der Waals surface area contributed by atoms with E-state index in [-0.39, 0.29) is 5.56 Å². The van der Waals surface area contributed by atoms with E-state index in [1.165, 1.54) is 7.11 Å². The van der Waals surface area contributed by atoms with Gasteiger partial charge in [0.25, 0.3) is 5.56 Å². The molecule has 1 fully saturated rings. The molecule has 28 heavy (non-hydrogen) atoms. The quantitative estimate of drug-likeness (QED) is 0.750. The Bertz CT molecular complexity index is 1060. The molecule has 1 aliphatic rings. The van der Waals surface area contributed by atoms with Crippen molar-refractivity contribution in [3.63, 3.8) is 0 Å². The van der Waals surface area contributed by atoms with E-state index in [1.807, 2.05) is 12.1 Å². The van der Waals surface area contributed by atoms with E-state index < -0.39 is 0 Å². The molecule has 3 aromatic rings. The Kier molecular flexibility index (Phi) is 5.00. The lowest BCUT2D eigenvalue weighted by Gasteiger charge is -2.28. The minimum atomic E-state index is -0.258. The monoisotopic (exact) mass is 380 g/mol. The predicted molar refractivity (Wildman–Crippen MR) is 108 cm³/mol. The first kappa shape index (κ1) is 18.4. The molecule has 1 saturated heterocycles. The summed E-state index contributed by atoms with van der Waals surface area (Å²) in [4.78, 5) is 27.4. The van der Waals surface area contributed by atoms with Crippen LogP contribution in [0.5, 0.6) is 11.5 Å². The van der Waals surface area contributed by atoms with Crippen LogP contribution in [0.25, 0.3) is 22.4 Å². The molecule has 7 nitrogen and oxygen atoms in total. The average Bonchev–Trinajstić information content (AvgIpc) is 2.73. The van der Waals surface area contributed by atoms with Crippen molar-refractivity contribution >= 4 is 10.9 Å². The van der Waals surface area contributed by atoms with E-state index >= 15 is 0 Å². The molecule has 1 N–H and O–H groups in total. The molecule has 0 bridgehead atoms. The highest BCUT2D eigenvalue weighted by molar-refractivity contribution is 5.87. The molecule has 4 rings (SSSR count). The van der Waals surface area contributed by atoms with Gasteiger partial charge in [-0.1, -0.05) is 6.07 Å². The number of rotatable bonds is 4. The topological polar surface area (TPSA) is 80.3 Å². The van der Waals surface area contributed by atoms with Crippen molar-refractivity contribution < 1.29 is 9.47 Å². The highest BCUT2D eigenvalue weighted by Crippen LogP contribution is 2.30. The van der Waals surface area contributed by atoms with Gasteiger partial charge in [-0.05, 0) is 45.1 Å². The molecule has 7 heteroatoms. The number of ether oxygens (including phenoxy) is 2. The Morgan fingerprint density at radius 2 is 1.89 bits per heavy atom. The number of hydrogen-bond acceptors (Lipinski definition) is 6. The van der Waals surface area contributed by atoms with Gasteiger partial charge in [-0.3, -0.25) is 4.79 Å². The maximum absolute atomic E-state index is 12.7. The smallest absolute Gasteiger partial charge is 0.262 e. The van der Waals surface area contributed by atoms with Gasteiger partial charge in [0, 0.05) is 23.7 Å². The van der Waals surface area contributed by atoms with Crippen molar-refractivity contribution in [3.8, 4) is 23.0 Å². The Labute approximate surface area is 163 Å². The molecule has 0 aliphatic carbocycles. The zero-order chi connectivity index (χ0) is 19.7. The molecule has 0 spiro atoms. The zero-order valence-electron chi connectivity index (χ0n) is 16.4. The fourth-order valence-corrected chi connectivity index (χ4v) is 3.73. The van der Waals surface area contributed by atoms with E-state index in [0.29, 0.717) is 39.8 Å². The Balaban J connectivity index is 1.77. The third-order valence-electron chi connectivity index (χ3n) is 5.35. The summed E-state index contributed by atoms with van der Waals surface area (Å²) in [5.74, 6) is 1.90. The molecular formula is C21H24N4O3. The Hall–Kier alpha value is -2.93. The highest BCUT2D eigenvalue weighted by atomic mass is 16.5. The number of piperidine rings is 1. The van der Waals surface area contributed by atoms with E-state index in [1.54, 1.807) is 19.2 Å². The summed E-state index contributed by atoms with van der Waals surface area (Å²) in [6, 6.07) is 9.33. The first-order chi connectivity index (χ1) is 13.6. The van der Waals surface area contributed by atoms with Crippen molar-refractivity contribution in [1.82, 2.24) is 19.9 Å². The number of fused-ring (bicyclic) bond motifs is 1. The van der Waals surface area contributed by atoms with Gasteiger partial charge in [-0.25, -0.2) is 9.97 Å². The Morgan fingerprint density at radius 3 is 2.61 bits per heavy atom. The van der Waals surface area contributed by atoms with Crippen LogP contribution in [0.15, 0.2) is 35.1 Å². The number of benzene rings is 1. The van der Waals surface area contributed by atoms with Crippen LogP contribution >= 0.6 is 0 Å². The molecule has 0 atom stereocenters. The van der Waals surface area contributed by atoms with Gasteiger partial charge < -0.3 is 19.4 Å². The number of aromatic amines is 1. The molecule has 2 aromatic heterocycles. The van der Waals surface area contributed by atoms with E-state index in [0.717, 1.165) is 31.6 Å². The lowest BCUT2D eigenvalue weighted by molar-refractivity contribution is 0.253. The van der Waals surface area contributed by atoms with Crippen molar-refractivity contribution in [2.75, 3.05) is 34.4 Å². The largest absolute Gasteiger partial charge is 0.497 e. The normalized spacial score (nSPS) is 15.7. The SMILES string of the molecule is COc1cc(OC)c2c(=O)[nH]c(-c3cccc(C4CCN(C)CC4)n3)nc2c1. The molecule has 0 radical (unpaired) electrons. The molecular weight excluding hydrogens is 356 g/mol. The van der Waals surface area contributed by atoms with E-state index in [2.05, 4.69) is 28.0 Å². The first-order valence-corrected chi connectivity index (χ1v) is 9.41. The minimum Gasteiger partial charge on any atom is -0.497 e. The van der Waals surface area contributed by atoms with Gasteiger partial charge in [0.15, 0.2) is 5.82 Å². The van der Waals surface area contributed by atoms with Crippen LogP contribution in [0.2, 0.25) is 0 Å². The summed E-state index contributed by atoms with van der Waals surface area (Å²) >= 11 is 0. The molecule has 0 unspecified atom stereocenters. The maximum Gasteiger partial charge on any atom is 0.262 e. The van der Waals surface area contributed by atoms with Crippen LogP contribution < -0.4 is 15.0 Å². The molecule has 1 aliphatic heterocycles. The number of likely N-dealkylation sites (tertiary alicyclic amines) is 1. The number of pyridine rings is 1. The van der Waals surface area contributed by atoms with Crippen LogP contribution in [-0.4, -0.2) is 54.2 Å². The second-order valence-corrected chi connectivity index (χ2v) is 7.16. The van der Waals surface area contributed by atoms with Gasteiger partial charge in [-0.2, -0.15) is 0 Å². The first-order valence-electron chi connectivity index (χ1n) is 9.41. The van der Waals surface area contributed by atoms with Gasteiger partial charge in [0.2, 0.25) is 0 Å². The van der Waals surface area contributed by atoms with Crippen molar-refractivity contribution in [2.45, 2.75) is 18.8 Å². The van der Waals surface area contributed by atoms with Crippen LogP contribution in [0.1, 0.15) is 24.5 Å². The van der Waals surface area contributed by atoms with Crippen LogP contribution in [0.3, 0.4) is 0 Å². The number of H-pyrrole nitrogens is 1. The van der Waals surface area contributed by atoms with Crippen LogP contribution in [0.4, 0.5) is 0 Å². The molecule has 0 saturated carbocycles. The van der Waals surface area contributed by atoms with Crippen molar-refractivity contribution in [2.24, 2.45) is 0 Å². The number of nitrogens with zero attached hydrogens (tertiary/aromatic N) is 3. The number of aromatic nitrogens is 3. The lowest BCUT2D eigenvalue weighted by Crippen LogP contribution is -2.29. The fourth-order valence-electron chi connectivity index (χ4n) is 3.73. The summed E-state index contributed by atoms with van der Waals surface area (Å²) in [5.41, 5.74) is 1.97.